The van der Waals surface area contributed by atoms with Gasteiger partial charge in [-0.1, -0.05) is 23.5 Å². The molecule has 0 spiro atoms. The second kappa shape index (κ2) is 8.39. The molecule has 0 unspecified atom stereocenters. The summed E-state index contributed by atoms with van der Waals surface area (Å²) in [7, 11) is 0. The normalized spacial score (nSPS) is 16.4. The molecule has 152 valence electrons. The van der Waals surface area contributed by atoms with E-state index < -0.39 is 6.10 Å². The van der Waals surface area contributed by atoms with E-state index in [0.717, 1.165) is 10.2 Å². The summed E-state index contributed by atoms with van der Waals surface area (Å²) in [5.41, 5.74) is 3.49. The molecule has 0 bridgehead atoms. The van der Waals surface area contributed by atoms with Gasteiger partial charge in [-0.25, -0.2) is 0 Å². The molecule has 2 aromatic carbocycles. The first kappa shape index (κ1) is 19.7. The van der Waals surface area contributed by atoms with Gasteiger partial charge in [0.15, 0.2) is 16.3 Å². The zero-order valence-corrected chi connectivity index (χ0v) is 17.6. The van der Waals surface area contributed by atoms with Crippen molar-refractivity contribution in [2.24, 2.45) is 4.99 Å². The molecule has 1 amide bonds. The molecule has 4 rings (SSSR count). The monoisotopic (exact) mass is 412 g/mol. The number of aromatic nitrogens is 1. The van der Waals surface area contributed by atoms with Crippen LogP contribution in [0, 0.1) is 13.8 Å². The lowest BCUT2D eigenvalue weighted by Gasteiger charge is -2.23. The van der Waals surface area contributed by atoms with Crippen molar-refractivity contribution in [1.29, 1.82) is 0 Å². The van der Waals surface area contributed by atoms with Gasteiger partial charge in [-0.2, -0.15) is 4.99 Å². The number of amides is 1. The molecule has 1 aliphatic rings. The Labute approximate surface area is 173 Å². The molecule has 1 aromatic heterocycles. The van der Waals surface area contributed by atoms with Gasteiger partial charge in [-0.05, 0) is 56.2 Å². The lowest BCUT2D eigenvalue weighted by molar-refractivity contribution is -0.127. The molecule has 3 aromatic rings. The van der Waals surface area contributed by atoms with Crippen LogP contribution in [0.3, 0.4) is 0 Å². The van der Waals surface area contributed by atoms with Crippen LogP contribution < -0.4 is 14.3 Å². The highest BCUT2D eigenvalue weighted by Crippen LogP contribution is 2.31. The Morgan fingerprint density at radius 2 is 2.00 bits per heavy atom. The Kier molecular flexibility index (Phi) is 5.69. The smallest absolute Gasteiger partial charge is 0.292 e. The third kappa shape index (κ3) is 4.06. The van der Waals surface area contributed by atoms with E-state index >= 15 is 0 Å². The second-order valence-electron chi connectivity index (χ2n) is 6.95. The summed E-state index contributed by atoms with van der Waals surface area (Å²) in [5, 5.41) is 0. The van der Waals surface area contributed by atoms with Crippen molar-refractivity contribution in [2.45, 2.75) is 33.4 Å². The standard InChI is InChI=1S/C22H24N2O4S/c1-4-26-10-9-24-16-11-14(2)15(3)12-20(16)29-22(24)23-21(25)19-13-27-17-7-5-6-8-18(17)28-19/h5-8,11-12,19H,4,9-10,13H2,1-3H3/t19-/m0/s1. The molecule has 1 aliphatic heterocycles. The summed E-state index contributed by atoms with van der Waals surface area (Å²) in [6, 6.07) is 11.6. The fourth-order valence-corrected chi connectivity index (χ4v) is 4.37. The van der Waals surface area contributed by atoms with Gasteiger partial charge in [0.05, 0.1) is 16.8 Å². The number of carbonyl (C=O) groups excluding carboxylic acids is 1. The molecule has 0 saturated carbocycles. The molecule has 7 heteroatoms. The Bertz CT molecular complexity index is 1120. The third-order valence-corrected chi connectivity index (χ3v) is 5.99. The summed E-state index contributed by atoms with van der Waals surface area (Å²) >= 11 is 1.51. The highest BCUT2D eigenvalue weighted by Gasteiger charge is 2.27. The summed E-state index contributed by atoms with van der Waals surface area (Å²) in [6.45, 7) is 8.15. The lowest BCUT2D eigenvalue weighted by Crippen LogP contribution is -2.37. The largest absolute Gasteiger partial charge is 0.485 e. The molecular weight excluding hydrogens is 388 g/mol. The third-order valence-electron chi connectivity index (χ3n) is 4.95. The number of carbonyl (C=O) groups is 1. The predicted octanol–water partition coefficient (Wildman–Crippen LogP) is 3.62. The fourth-order valence-electron chi connectivity index (χ4n) is 3.23. The van der Waals surface area contributed by atoms with Gasteiger partial charge in [0.2, 0.25) is 6.10 Å². The number of benzene rings is 2. The molecule has 6 nitrogen and oxygen atoms in total. The first-order valence-corrected chi connectivity index (χ1v) is 10.5. The average molecular weight is 413 g/mol. The van der Waals surface area contributed by atoms with Crippen molar-refractivity contribution >= 4 is 27.5 Å². The van der Waals surface area contributed by atoms with E-state index in [1.807, 2.05) is 25.1 Å². The van der Waals surface area contributed by atoms with Crippen LogP contribution in [0.2, 0.25) is 0 Å². The van der Waals surface area contributed by atoms with E-state index in [4.69, 9.17) is 14.2 Å². The van der Waals surface area contributed by atoms with Crippen molar-refractivity contribution < 1.29 is 19.0 Å². The molecule has 29 heavy (non-hydrogen) atoms. The van der Waals surface area contributed by atoms with Crippen LogP contribution in [0.5, 0.6) is 11.5 Å². The number of hydrogen-bond donors (Lipinski definition) is 0. The van der Waals surface area contributed by atoms with E-state index in [1.54, 1.807) is 6.07 Å². The van der Waals surface area contributed by atoms with Crippen molar-refractivity contribution in [3.05, 3.63) is 52.3 Å². The van der Waals surface area contributed by atoms with Crippen LogP contribution >= 0.6 is 11.3 Å². The van der Waals surface area contributed by atoms with Gasteiger partial charge >= 0.3 is 0 Å². The number of ether oxygens (including phenoxy) is 3. The van der Waals surface area contributed by atoms with E-state index in [0.29, 0.717) is 36.1 Å². The highest BCUT2D eigenvalue weighted by molar-refractivity contribution is 7.16. The Morgan fingerprint density at radius 3 is 2.79 bits per heavy atom. The van der Waals surface area contributed by atoms with Crippen LogP contribution in [0.15, 0.2) is 41.4 Å². The summed E-state index contributed by atoms with van der Waals surface area (Å²) in [6.07, 6.45) is -0.751. The van der Waals surface area contributed by atoms with Gasteiger partial charge in [-0.15, -0.1) is 0 Å². The van der Waals surface area contributed by atoms with Gasteiger partial charge < -0.3 is 18.8 Å². The summed E-state index contributed by atoms with van der Waals surface area (Å²) in [5.74, 6) is 0.875. The highest BCUT2D eigenvalue weighted by atomic mass is 32.1. The van der Waals surface area contributed by atoms with Crippen molar-refractivity contribution in [3.63, 3.8) is 0 Å². The van der Waals surface area contributed by atoms with E-state index in [-0.39, 0.29) is 12.5 Å². The first-order chi connectivity index (χ1) is 14.1. The molecule has 0 saturated heterocycles. The Morgan fingerprint density at radius 1 is 1.24 bits per heavy atom. The topological polar surface area (TPSA) is 62.1 Å². The van der Waals surface area contributed by atoms with Crippen molar-refractivity contribution in [1.82, 2.24) is 4.57 Å². The lowest BCUT2D eigenvalue weighted by atomic mass is 10.1. The van der Waals surface area contributed by atoms with Crippen LogP contribution in [0.4, 0.5) is 0 Å². The number of fused-ring (bicyclic) bond motifs is 2. The zero-order valence-electron chi connectivity index (χ0n) is 16.8. The Hall–Kier alpha value is -2.64. The molecule has 0 radical (unpaired) electrons. The maximum absolute atomic E-state index is 12.9. The van der Waals surface area contributed by atoms with Crippen LogP contribution in [-0.2, 0) is 16.1 Å². The first-order valence-electron chi connectivity index (χ1n) is 9.72. The maximum Gasteiger partial charge on any atom is 0.292 e. The SMILES string of the molecule is CCOCCn1c(=NC(=O)[C@@H]2COc3ccccc3O2)sc2cc(C)c(C)cc21. The predicted molar refractivity (Wildman–Crippen MR) is 113 cm³/mol. The van der Waals surface area contributed by atoms with Crippen LogP contribution in [-0.4, -0.2) is 36.4 Å². The van der Waals surface area contributed by atoms with E-state index in [9.17, 15) is 4.79 Å². The number of aryl methyl sites for hydroxylation is 2. The zero-order chi connectivity index (χ0) is 20.4. The molecule has 2 heterocycles. The minimum atomic E-state index is -0.751. The Balaban J connectivity index is 1.69. The van der Waals surface area contributed by atoms with Crippen LogP contribution in [0.1, 0.15) is 18.1 Å². The second-order valence-corrected chi connectivity index (χ2v) is 7.96. The minimum absolute atomic E-state index is 0.154. The number of rotatable bonds is 5. The quantitative estimate of drug-likeness (QED) is 0.601. The fraction of sp³-hybridized carbons (Fsp3) is 0.364. The van der Waals surface area contributed by atoms with Gasteiger partial charge in [0, 0.05) is 13.2 Å². The maximum atomic E-state index is 12.9. The number of hydrogen-bond acceptors (Lipinski definition) is 5. The number of nitrogens with zero attached hydrogens (tertiary/aromatic N) is 2. The summed E-state index contributed by atoms with van der Waals surface area (Å²) < 4.78 is 20.2. The summed E-state index contributed by atoms with van der Waals surface area (Å²) in [4.78, 5) is 17.9. The molecule has 0 N–H and O–H groups in total. The molecule has 0 aliphatic carbocycles. The molecule has 1 atom stereocenters. The van der Waals surface area contributed by atoms with Crippen LogP contribution in [0.25, 0.3) is 10.2 Å². The molecule has 0 fully saturated rings. The van der Waals surface area contributed by atoms with E-state index in [2.05, 4.69) is 35.5 Å². The average Bonchev–Trinajstić information content (AvgIpc) is 3.04. The number of para-hydroxylation sites is 2. The van der Waals surface area contributed by atoms with Crippen molar-refractivity contribution in [3.8, 4) is 11.5 Å². The number of thiazole rings is 1. The van der Waals surface area contributed by atoms with Gasteiger partial charge in [-0.3, -0.25) is 4.79 Å². The van der Waals surface area contributed by atoms with Gasteiger partial charge in [0.1, 0.15) is 6.61 Å². The van der Waals surface area contributed by atoms with Gasteiger partial charge in [0.25, 0.3) is 5.91 Å². The minimum Gasteiger partial charge on any atom is -0.485 e. The molecular formula is C22H24N2O4S. The van der Waals surface area contributed by atoms with E-state index in [1.165, 1.54) is 22.5 Å². The van der Waals surface area contributed by atoms with Crippen molar-refractivity contribution in [2.75, 3.05) is 19.8 Å².